The lowest BCUT2D eigenvalue weighted by Gasteiger charge is -2.30. The molecular formula is C16H31N3O. The van der Waals surface area contributed by atoms with Gasteiger partial charge in [0, 0.05) is 18.6 Å². The number of amides is 1. The molecule has 0 spiro atoms. The van der Waals surface area contributed by atoms with Gasteiger partial charge in [-0.05, 0) is 38.8 Å². The second-order valence-corrected chi connectivity index (χ2v) is 6.38. The number of hydrogen-bond donors (Lipinski definition) is 2. The molecule has 2 aliphatic rings. The minimum Gasteiger partial charge on any atom is -0.352 e. The van der Waals surface area contributed by atoms with Crippen molar-refractivity contribution < 1.29 is 4.79 Å². The van der Waals surface area contributed by atoms with Crippen LogP contribution in [-0.2, 0) is 4.79 Å². The van der Waals surface area contributed by atoms with Crippen LogP contribution >= 0.6 is 0 Å². The zero-order valence-electron chi connectivity index (χ0n) is 13.0. The van der Waals surface area contributed by atoms with E-state index in [1.807, 2.05) is 0 Å². The van der Waals surface area contributed by atoms with Crippen LogP contribution < -0.4 is 10.6 Å². The van der Waals surface area contributed by atoms with E-state index < -0.39 is 0 Å². The molecule has 0 aromatic heterocycles. The largest absolute Gasteiger partial charge is 0.352 e. The number of likely N-dealkylation sites (N-methyl/N-ethyl adjacent to an activating group) is 1. The predicted octanol–water partition coefficient (Wildman–Crippen LogP) is 1.90. The van der Waals surface area contributed by atoms with Crippen molar-refractivity contribution in [2.75, 3.05) is 26.2 Å². The summed E-state index contributed by atoms with van der Waals surface area (Å²) in [6, 6.07) is 1.01. The molecule has 2 rings (SSSR count). The Bertz CT molecular complexity index is 283. The molecule has 1 heterocycles. The summed E-state index contributed by atoms with van der Waals surface area (Å²) < 4.78 is 0. The van der Waals surface area contributed by atoms with Crippen molar-refractivity contribution in [3.8, 4) is 0 Å². The molecule has 1 saturated heterocycles. The Kier molecular flexibility index (Phi) is 6.80. The summed E-state index contributed by atoms with van der Waals surface area (Å²) in [4.78, 5) is 14.4. The van der Waals surface area contributed by atoms with Crippen LogP contribution in [0.2, 0.25) is 0 Å². The molecule has 2 N–H and O–H groups in total. The number of hydrogen-bond acceptors (Lipinski definition) is 3. The molecule has 2 fully saturated rings. The maximum atomic E-state index is 12.1. The summed E-state index contributed by atoms with van der Waals surface area (Å²) in [5.74, 6) is 0.217. The van der Waals surface area contributed by atoms with E-state index >= 15 is 0 Å². The zero-order valence-corrected chi connectivity index (χ0v) is 13.0. The SMILES string of the molecule is CCN(CC(=O)NC1CCCCC1)CC1CCCCN1. The minimum atomic E-state index is 0.217. The van der Waals surface area contributed by atoms with Crippen molar-refractivity contribution >= 4 is 5.91 Å². The first kappa shape index (κ1) is 15.8. The average molecular weight is 281 g/mol. The molecule has 20 heavy (non-hydrogen) atoms. The number of piperidine rings is 1. The molecule has 1 saturated carbocycles. The number of rotatable bonds is 6. The van der Waals surface area contributed by atoms with Crippen molar-refractivity contribution in [1.82, 2.24) is 15.5 Å². The number of nitrogens with zero attached hydrogens (tertiary/aromatic N) is 1. The minimum absolute atomic E-state index is 0.217. The first-order valence-electron chi connectivity index (χ1n) is 8.53. The first-order chi connectivity index (χ1) is 9.78. The van der Waals surface area contributed by atoms with Crippen LogP contribution in [0.25, 0.3) is 0 Å². The van der Waals surface area contributed by atoms with E-state index in [9.17, 15) is 4.79 Å². The van der Waals surface area contributed by atoms with Crippen molar-refractivity contribution in [3.05, 3.63) is 0 Å². The lowest BCUT2D eigenvalue weighted by Crippen LogP contribution is -2.48. The third-order valence-electron chi connectivity index (χ3n) is 4.68. The highest BCUT2D eigenvalue weighted by Gasteiger charge is 2.20. The molecule has 1 atom stereocenters. The maximum Gasteiger partial charge on any atom is 0.234 e. The number of nitrogens with one attached hydrogen (secondary N) is 2. The van der Waals surface area contributed by atoms with Gasteiger partial charge >= 0.3 is 0 Å². The molecule has 4 heteroatoms. The third-order valence-corrected chi connectivity index (χ3v) is 4.68. The van der Waals surface area contributed by atoms with E-state index in [4.69, 9.17) is 0 Å². The summed E-state index contributed by atoms with van der Waals surface area (Å²) in [5, 5.41) is 6.79. The smallest absolute Gasteiger partial charge is 0.234 e. The Hall–Kier alpha value is -0.610. The Morgan fingerprint density at radius 1 is 1.15 bits per heavy atom. The predicted molar refractivity (Wildman–Crippen MR) is 82.8 cm³/mol. The second kappa shape index (κ2) is 8.63. The molecule has 1 amide bonds. The molecule has 0 aromatic rings. The van der Waals surface area contributed by atoms with Crippen LogP contribution in [-0.4, -0.2) is 49.1 Å². The summed E-state index contributed by atoms with van der Waals surface area (Å²) in [6.07, 6.45) is 10.1. The highest BCUT2D eigenvalue weighted by molar-refractivity contribution is 5.78. The van der Waals surface area contributed by atoms with Crippen LogP contribution in [0.15, 0.2) is 0 Å². The van der Waals surface area contributed by atoms with Gasteiger partial charge in [-0.3, -0.25) is 9.69 Å². The van der Waals surface area contributed by atoms with Gasteiger partial charge in [-0.1, -0.05) is 32.6 Å². The quantitative estimate of drug-likeness (QED) is 0.781. The van der Waals surface area contributed by atoms with Crippen molar-refractivity contribution in [2.45, 2.75) is 70.4 Å². The highest BCUT2D eigenvalue weighted by atomic mass is 16.2. The molecule has 116 valence electrons. The van der Waals surface area contributed by atoms with E-state index in [-0.39, 0.29) is 5.91 Å². The summed E-state index contributed by atoms with van der Waals surface area (Å²) in [7, 11) is 0. The molecule has 1 unspecified atom stereocenters. The Morgan fingerprint density at radius 2 is 1.90 bits per heavy atom. The molecular weight excluding hydrogens is 250 g/mol. The molecule has 0 aromatic carbocycles. The first-order valence-corrected chi connectivity index (χ1v) is 8.53. The monoisotopic (exact) mass is 281 g/mol. The number of carbonyl (C=O) groups is 1. The third kappa shape index (κ3) is 5.41. The van der Waals surface area contributed by atoms with E-state index in [2.05, 4.69) is 22.5 Å². The van der Waals surface area contributed by atoms with Crippen LogP contribution in [0.4, 0.5) is 0 Å². The average Bonchev–Trinajstić information content (AvgIpc) is 2.48. The Labute approximate surface area is 123 Å². The Balaban J connectivity index is 1.69. The number of carbonyl (C=O) groups excluding carboxylic acids is 1. The maximum absolute atomic E-state index is 12.1. The van der Waals surface area contributed by atoms with Gasteiger partial charge in [0.05, 0.1) is 6.54 Å². The van der Waals surface area contributed by atoms with Gasteiger partial charge in [-0.2, -0.15) is 0 Å². The summed E-state index contributed by atoms with van der Waals surface area (Å²) >= 11 is 0. The van der Waals surface area contributed by atoms with Gasteiger partial charge in [0.25, 0.3) is 0 Å². The lowest BCUT2D eigenvalue weighted by atomic mass is 9.95. The molecule has 4 nitrogen and oxygen atoms in total. The van der Waals surface area contributed by atoms with Crippen LogP contribution in [0.5, 0.6) is 0 Å². The van der Waals surface area contributed by atoms with Crippen molar-refractivity contribution in [1.29, 1.82) is 0 Å². The molecule has 1 aliphatic carbocycles. The molecule has 0 bridgehead atoms. The van der Waals surface area contributed by atoms with E-state index in [1.54, 1.807) is 0 Å². The van der Waals surface area contributed by atoms with Crippen LogP contribution in [0, 0.1) is 0 Å². The van der Waals surface area contributed by atoms with Gasteiger partial charge in [0.1, 0.15) is 0 Å². The molecule has 0 radical (unpaired) electrons. The standard InChI is InChI=1S/C16H31N3O/c1-2-19(12-15-10-6-7-11-17-15)13-16(20)18-14-8-4-3-5-9-14/h14-15,17H,2-13H2,1H3,(H,18,20). The van der Waals surface area contributed by atoms with Gasteiger partial charge in [0.15, 0.2) is 0 Å². The van der Waals surface area contributed by atoms with Crippen molar-refractivity contribution in [2.24, 2.45) is 0 Å². The topological polar surface area (TPSA) is 44.4 Å². The fourth-order valence-corrected chi connectivity index (χ4v) is 3.42. The van der Waals surface area contributed by atoms with Gasteiger partial charge in [-0.15, -0.1) is 0 Å². The van der Waals surface area contributed by atoms with Gasteiger partial charge in [-0.25, -0.2) is 0 Å². The van der Waals surface area contributed by atoms with E-state index in [0.717, 1.165) is 19.6 Å². The van der Waals surface area contributed by atoms with Gasteiger partial charge in [0.2, 0.25) is 5.91 Å². The zero-order chi connectivity index (χ0) is 14.2. The van der Waals surface area contributed by atoms with E-state index in [0.29, 0.717) is 18.6 Å². The Morgan fingerprint density at radius 3 is 2.55 bits per heavy atom. The second-order valence-electron chi connectivity index (χ2n) is 6.38. The lowest BCUT2D eigenvalue weighted by molar-refractivity contribution is -0.123. The fraction of sp³-hybridized carbons (Fsp3) is 0.938. The van der Waals surface area contributed by atoms with Crippen LogP contribution in [0.3, 0.4) is 0 Å². The summed E-state index contributed by atoms with van der Waals surface area (Å²) in [5.41, 5.74) is 0. The molecule has 1 aliphatic heterocycles. The highest BCUT2D eigenvalue weighted by Crippen LogP contribution is 2.17. The normalized spacial score (nSPS) is 24.8. The van der Waals surface area contributed by atoms with E-state index in [1.165, 1.54) is 51.4 Å². The fourth-order valence-electron chi connectivity index (χ4n) is 3.42. The van der Waals surface area contributed by atoms with Crippen molar-refractivity contribution in [3.63, 3.8) is 0 Å². The summed E-state index contributed by atoms with van der Waals surface area (Å²) in [6.45, 7) is 5.81. The van der Waals surface area contributed by atoms with Gasteiger partial charge < -0.3 is 10.6 Å². The van der Waals surface area contributed by atoms with Crippen LogP contribution in [0.1, 0.15) is 58.3 Å².